The van der Waals surface area contributed by atoms with Crippen LogP contribution in [0.1, 0.15) is 26.3 Å². The molecule has 0 radical (unpaired) electrons. The van der Waals surface area contributed by atoms with Crippen LogP contribution in [0.15, 0.2) is 103 Å². The molecule has 1 aliphatic heterocycles. The summed E-state index contributed by atoms with van der Waals surface area (Å²) in [6.45, 7) is 0. The molecule has 0 aromatic heterocycles. The minimum absolute atomic E-state index is 0.215. The van der Waals surface area contributed by atoms with Gasteiger partial charge in [-0.05, 0) is 53.1 Å². The highest BCUT2D eigenvalue weighted by Crippen LogP contribution is 2.35. The lowest BCUT2D eigenvalue weighted by Crippen LogP contribution is -2.08. The summed E-state index contributed by atoms with van der Waals surface area (Å²) >= 11 is 0. The maximum Gasteiger partial charge on any atom is 0.343 e. The van der Waals surface area contributed by atoms with E-state index in [4.69, 9.17) is 14.2 Å². The van der Waals surface area contributed by atoms with Gasteiger partial charge < -0.3 is 14.2 Å². The lowest BCUT2D eigenvalue weighted by molar-refractivity contribution is 0.0734. The van der Waals surface area contributed by atoms with Gasteiger partial charge in [-0.15, -0.1) is 0 Å². The lowest BCUT2D eigenvalue weighted by atomic mass is 10.0. The molecule has 1 aliphatic rings. The number of hydrogen-bond acceptors (Lipinski definition) is 5. The van der Waals surface area contributed by atoms with Crippen LogP contribution < -0.4 is 14.2 Å². The second kappa shape index (κ2) is 9.08. The molecule has 34 heavy (non-hydrogen) atoms. The van der Waals surface area contributed by atoms with Gasteiger partial charge in [0.05, 0.1) is 18.2 Å². The molecule has 5 rings (SSSR count). The molecule has 0 atom stereocenters. The molecule has 5 nitrogen and oxygen atoms in total. The normalized spacial score (nSPS) is 13.3. The number of hydrogen-bond donors (Lipinski definition) is 0. The number of methoxy groups -OCH3 is 1. The summed E-state index contributed by atoms with van der Waals surface area (Å²) in [5.74, 6) is 0.675. The summed E-state index contributed by atoms with van der Waals surface area (Å²) in [5.41, 5.74) is 3.84. The Morgan fingerprint density at radius 1 is 0.794 bits per heavy atom. The van der Waals surface area contributed by atoms with E-state index in [1.54, 1.807) is 48.5 Å². The Labute approximate surface area is 196 Å². The van der Waals surface area contributed by atoms with E-state index in [-0.39, 0.29) is 17.3 Å². The van der Waals surface area contributed by atoms with Crippen molar-refractivity contribution in [3.05, 3.63) is 120 Å². The van der Waals surface area contributed by atoms with E-state index < -0.39 is 5.97 Å². The molecule has 0 bridgehead atoms. The molecule has 0 fully saturated rings. The Morgan fingerprint density at radius 2 is 1.56 bits per heavy atom. The highest BCUT2D eigenvalue weighted by molar-refractivity contribution is 6.14. The largest absolute Gasteiger partial charge is 0.497 e. The first kappa shape index (κ1) is 21.2. The predicted molar refractivity (Wildman–Crippen MR) is 129 cm³/mol. The van der Waals surface area contributed by atoms with Crippen molar-refractivity contribution in [2.45, 2.75) is 0 Å². The Morgan fingerprint density at radius 3 is 2.32 bits per heavy atom. The lowest BCUT2D eigenvalue weighted by Gasteiger charge is -2.07. The third-order valence-corrected chi connectivity index (χ3v) is 5.47. The van der Waals surface area contributed by atoms with Crippen LogP contribution in [0.2, 0.25) is 0 Å². The molecule has 1 heterocycles. The highest BCUT2D eigenvalue weighted by atomic mass is 16.5. The van der Waals surface area contributed by atoms with Crippen LogP contribution in [0.3, 0.4) is 0 Å². The van der Waals surface area contributed by atoms with Gasteiger partial charge in [-0.25, -0.2) is 4.79 Å². The van der Waals surface area contributed by atoms with E-state index in [1.165, 1.54) is 7.11 Å². The van der Waals surface area contributed by atoms with Gasteiger partial charge in [0, 0.05) is 6.07 Å². The number of esters is 1. The summed E-state index contributed by atoms with van der Waals surface area (Å²) in [4.78, 5) is 25.3. The topological polar surface area (TPSA) is 61.8 Å². The fourth-order valence-corrected chi connectivity index (χ4v) is 3.70. The second-order valence-electron chi connectivity index (χ2n) is 7.71. The summed E-state index contributed by atoms with van der Waals surface area (Å²) in [6, 6.07) is 29.4. The summed E-state index contributed by atoms with van der Waals surface area (Å²) in [7, 11) is 1.53. The van der Waals surface area contributed by atoms with Gasteiger partial charge in [-0.2, -0.15) is 0 Å². The van der Waals surface area contributed by atoms with Crippen LogP contribution in [0.5, 0.6) is 17.2 Å². The van der Waals surface area contributed by atoms with E-state index in [9.17, 15) is 9.59 Å². The fourth-order valence-electron chi connectivity index (χ4n) is 3.70. The van der Waals surface area contributed by atoms with Crippen molar-refractivity contribution < 1.29 is 23.8 Å². The minimum atomic E-state index is -0.530. The van der Waals surface area contributed by atoms with Gasteiger partial charge in [0.1, 0.15) is 17.2 Å². The smallest absolute Gasteiger partial charge is 0.343 e. The molecule has 0 amide bonds. The number of allylic oxidation sites excluding steroid dienone is 1. The number of ketones is 1. The first-order valence-corrected chi connectivity index (χ1v) is 10.7. The molecule has 4 aromatic carbocycles. The number of ether oxygens (including phenoxy) is 3. The molecule has 0 aliphatic carbocycles. The fraction of sp³-hybridized carbons (Fsp3) is 0.0345. The summed E-state index contributed by atoms with van der Waals surface area (Å²) < 4.78 is 16.4. The number of carbonyl (C=O) groups is 2. The van der Waals surface area contributed by atoms with Crippen molar-refractivity contribution in [1.29, 1.82) is 0 Å². The van der Waals surface area contributed by atoms with Gasteiger partial charge in [0.15, 0.2) is 5.76 Å². The van der Waals surface area contributed by atoms with Gasteiger partial charge in [0.2, 0.25) is 5.78 Å². The first-order valence-electron chi connectivity index (χ1n) is 10.7. The van der Waals surface area contributed by atoms with Gasteiger partial charge >= 0.3 is 5.97 Å². The van der Waals surface area contributed by atoms with E-state index >= 15 is 0 Å². The third-order valence-electron chi connectivity index (χ3n) is 5.47. The maximum atomic E-state index is 12.8. The molecule has 166 valence electrons. The van der Waals surface area contributed by atoms with Crippen LogP contribution >= 0.6 is 0 Å². The van der Waals surface area contributed by atoms with Crippen molar-refractivity contribution in [1.82, 2.24) is 0 Å². The van der Waals surface area contributed by atoms with E-state index in [1.807, 2.05) is 54.6 Å². The zero-order valence-corrected chi connectivity index (χ0v) is 18.4. The SMILES string of the molecule is COc1cccc(C(=O)Oc2ccc3c(c2)O/C(=C\c2ccc(-c4ccccc4)cc2)C3=O)c1. The monoisotopic (exact) mass is 448 g/mol. The maximum absolute atomic E-state index is 12.8. The van der Waals surface area contributed by atoms with Gasteiger partial charge in [-0.1, -0.05) is 60.7 Å². The van der Waals surface area contributed by atoms with Crippen molar-refractivity contribution >= 4 is 17.8 Å². The zero-order valence-electron chi connectivity index (χ0n) is 18.4. The van der Waals surface area contributed by atoms with E-state index in [0.717, 1.165) is 16.7 Å². The van der Waals surface area contributed by atoms with Crippen LogP contribution in [0, 0.1) is 0 Å². The quantitative estimate of drug-likeness (QED) is 0.207. The Bertz CT molecular complexity index is 1400. The zero-order chi connectivity index (χ0) is 23.5. The van der Waals surface area contributed by atoms with Crippen LogP contribution in [-0.2, 0) is 0 Å². The molecule has 0 spiro atoms. The van der Waals surface area contributed by atoms with Crippen molar-refractivity contribution in [2.75, 3.05) is 7.11 Å². The average molecular weight is 448 g/mol. The molecule has 0 saturated carbocycles. The average Bonchev–Trinajstić information content (AvgIpc) is 3.19. The molecule has 0 N–H and O–H groups in total. The van der Waals surface area contributed by atoms with E-state index in [0.29, 0.717) is 22.6 Å². The van der Waals surface area contributed by atoms with Crippen LogP contribution in [0.4, 0.5) is 0 Å². The molecule has 0 saturated heterocycles. The standard InChI is InChI=1S/C29H20O5/c1-32-23-9-5-8-22(17-23)29(31)33-24-14-15-25-26(18-24)34-27(28(25)30)16-19-10-12-21(13-11-19)20-6-3-2-4-7-20/h2-18H,1H3/b27-16-. The Balaban J connectivity index is 1.32. The number of rotatable bonds is 5. The molecule has 0 unspecified atom stereocenters. The second-order valence-corrected chi connectivity index (χ2v) is 7.71. The summed E-state index contributed by atoms with van der Waals surface area (Å²) in [5, 5.41) is 0. The first-order chi connectivity index (χ1) is 16.6. The molecule has 5 heteroatoms. The highest BCUT2D eigenvalue weighted by Gasteiger charge is 2.28. The Kier molecular flexibility index (Phi) is 5.67. The van der Waals surface area contributed by atoms with Gasteiger partial charge in [-0.3, -0.25) is 4.79 Å². The van der Waals surface area contributed by atoms with Crippen LogP contribution in [0.25, 0.3) is 17.2 Å². The van der Waals surface area contributed by atoms with Crippen LogP contribution in [-0.4, -0.2) is 18.9 Å². The number of fused-ring (bicyclic) bond motifs is 1. The molecular weight excluding hydrogens is 428 g/mol. The number of benzene rings is 4. The summed E-state index contributed by atoms with van der Waals surface area (Å²) in [6.07, 6.45) is 1.71. The minimum Gasteiger partial charge on any atom is -0.497 e. The van der Waals surface area contributed by atoms with Gasteiger partial charge in [0.25, 0.3) is 0 Å². The Hall–Kier alpha value is -4.64. The van der Waals surface area contributed by atoms with Crippen molar-refractivity contribution in [2.24, 2.45) is 0 Å². The number of carbonyl (C=O) groups excluding carboxylic acids is 2. The predicted octanol–water partition coefficient (Wildman–Crippen LogP) is 6.20. The van der Waals surface area contributed by atoms with E-state index in [2.05, 4.69) is 0 Å². The van der Waals surface area contributed by atoms with Crippen molar-refractivity contribution in [3.8, 4) is 28.4 Å². The molecular formula is C29H20O5. The third kappa shape index (κ3) is 4.32. The van der Waals surface area contributed by atoms with Crippen molar-refractivity contribution in [3.63, 3.8) is 0 Å². The molecule has 4 aromatic rings. The number of Topliss-reactive ketones (excluding diaryl/α,β-unsaturated/α-hetero) is 1.